The minimum Gasteiger partial charge on any atom is -0.393 e. The van der Waals surface area contributed by atoms with Crippen molar-refractivity contribution in [3.63, 3.8) is 0 Å². The number of nitrogens with zero attached hydrogens (tertiary/aromatic N) is 1. The highest BCUT2D eigenvalue weighted by Crippen LogP contribution is 2.34. The van der Waals surface area contributed by atoms with Gasteiger partial charge in [-0.05, 0) is 70.0 Å². The average molecular weight is 268 g/mol. The fourth-order valence-electron chi connectivity index (χ4n) is 3.62. The van der Waals surface area contributed by atoms with Crippen molar-refractivity contribution in [2.75, 3.05) is 26.7 Å². The molecule has 0 radical (unpaired) electrons. The van der Waals surface area contributed by atoms with E-state index in [1.165, 1.54) is 25.9 Å². The summed E-state index contributed by atoms with van der Waals surface area (Å²) in [6.45, 7) is 8.48. The standard InChI is InChI=1S/C16H32N2O/c1-16(2,13-8-10-18(3)11-9-13)12-17-14-4-6-15(19)7-5-14/h13-15,17,19H,4-12H2,1-3H3. The lowest BCUT2D eigenvalue weighted by molar-refractivity contribution is 0.0939. The molecule has 1 saturated carbocycles. The van der Waals surface area contributed by atoms with Gasteiger partial charge in [-0.3, -0.25) is 0 Å². The van der Waals surface area contributed by atoms with E-state index in [1.807, 2.05) is 0 Å². The zero-order chi connectivity index (χ0) is 13.9. The highest BCUT2D eigenvalue weighted by molar-refractivity contribution is 4.86. The van der Waals surface area contributed by atoms with Gasteiger partial charge in [0.2, 0.25) is 0 Å². The summed E-state index contributed by atoms with van der Waals surface area (Å²) in [6, 6.07) is 0.633. The Balaban J connectivity index is 1.74. The van der Waals surface area contributed by atoms with Crippen LogP contribution in [0, 0.1) is 11.3 Å². The summed E-state index contributed by atoms with van der Waals surface area (Å²) in [5.74, 6) is 0.852. The second-order valence-corrected chi connectivity index (χ2v) is 7.45. The first-order valence-electron chi connectivity index (χ1n) is 8.07. The maximum absolute atomic E-state index is 9.55. The minimum absolute atomic E-state index is 0.0417. The predicted octanol–water partition coefficient (Wildman–Crippen LogP) is 2.25. The first kappa shape index (κ1) is 15.3. The quantitative estimate of drug-likeness (QED) is 0.821. The molecule has 19 heavy (non-hydrogen) atoms. The van der Waals surface area contributed by atoms with E-state index in [9.17, 15) is 5.11 Å². The van der Waals surface area contributed by atoms with Crippen molar-refractivity contribution in [1.29, 1.82) is 0 Å². The van der Waals surface area contributed by atoms with Crippen LogP contribution >= 0.6 is 0 Å². The van der Waals surface area contributed by atoms with Crippen molar-refractivity contribution in [2.24, 2.45) is 11.3 Å². The van der Waals surface area contributed by atoms with Gasteiger partial charge in [-0.2, -0.15) is 0 Å². The van der Waals surface area contributed by atoms with Crippen molar-refractivity contribution >= 4 is 0 Å². The van der Waals surface area contributed by atoms with Crippen molar-refractivity contribution in [3.05, 3.63) is 0 Å². The Morgan fingerprint density at radius 2 is 1.63 bits per heavy atom. The van der Waals surface area contributed by atoms with Crippen LogP contribution in [-0.2, 0) is 0 Å². The molecular formula is C16H32N2O. The SMILES string of the molecule is CN1CCC(C(C)(C)CNC2CCC(O)CC2)CC1. The summed E-state index contributed by atoms with van der Waals surface area (Å²) < 4.78 is 0. The maximum atomic E-state index is 9.55. The molecule has 0 atom stereocenters. The van der Waals surface area contributed by atoms with Crippen molar-refractivity contribution in [2.45, 2.75) is 64.5 Å². The third kappa shape index (κ3) is 4.44. The molecule has 1 aliphatic heterocycles. The van der Waals surface area contributed by atoms with Gasteiger partial charge in [0.15, 0.2) is 0 Å². The molecule has 1 heterocycles. The molecule has 2 rings (SSSR count). The van der Waals surface area contributed by atoms with Crippen molar-refractivity contribution < 1.29 is 5.11 Å². The Morgan fingerprint density at radius 3 is 2.21 bits per heavy atom. The lowest BCUT2D eigenvalue weighted by Crippen LogP contribution is -2.45. The maximum Gasteiger partial charge on any atom is 0.0541 e. The second-order valence-electron chi connectivity index (χ2n) is 7.45. The van der Waals surface area contributed by atoms with E-state index in [2.05, 4.69) is 31.1 Å². The average Bonchev–Trinajstić information content (AvgIpc) is 2.39. The van der Waals surface area contributed by atoms with Crippen LogP contribution in [0.3, 0.4) is 0 Å². The highest BCUT2D eigenvalue weighted by Gasteiger charge is 2.32. The highest BCUT2D eigenvalue weighted by atomic mass is 16.3. The molecule has 2 aliphatic rings. The van der Waals surface area contributed by atoms with Crippen LogP contribution in [0.2, 0.25) is 0 Å². The van der Waals surface area contributed by atoms with Gasteiger partial charge >= 0.3 is 0 Å². The van der Waals surface area contributed by atoms with E-state index in [0.29, 0.717) is 11.5 Å². The molecule has 0 aromatic rings. The molecule has 3 nitrogen and oxygen atoms in total. The number of hydrogen-bond acceptors (Lipinski definition) is 3. The summed E-state index contributed by atoms with van der Waals surface area (Å²) in [4.78, 5) is 2.45. The number of likely N-dealkylation sites (tertiary alicyclic amines) is 1. The van der Waals surface area contributed by atoms with Gasteiger partial charge < -0.3 is 15.3 Å². The summed E-state index contributed by atoms with van der Waals surface area (Å²) >= 11 is 0. The molecule has 1 saturated heterocycles. The Kier molecular flexibility index (Phi) is 5.27. The predicted molar refractivity (Wildman–Crippen MR) is 80.3 cm³/mol. The monoisotopic (exact) mass is 268 g/mol. The van der Waals surface area contributed by atoms with E-state index in [0.717, 1.165) is 38.1 Å². The largest absolute Gasteiger partial charge is 0.393 e. The Bertz CT molecular complexity index is 264. The number of piperidine rings is 1. The Hall–Kier alpha value is -0.120. The van der Waals surface area contributed by atoms with Crippen LogP contribution in [0.4, 0.5) is 0 Å². The molecule has 2 N–H and O–H groups in total. The summed E-state index contributed by atoms with van der Waals surface area (Å²) in [5.41, 5.74) is 0.400. The fraction of sp³-hybridized carbons (Fsp3) is 1.00. The number of nitrogens with one attached hydrogen (secondary N) is 1. The lowest BCUT2D eigenvalue weighted by Gasteiger charge is -2.41. The second kappa shape index (κ2) is 6.55. The van der Waals surface area contributed by atoms with Crippen LogP contribution in [-0.4, -0.2) is 48.8 Å². The summed E-state index contributed by atoms with van der Waals surface area (Å²) in [6.07, 6.45) is 6.89. The number of hydrogen-bond donors (Lipinski definition) is 2. The Morgan fingerprint density at radius 1 is 1.05 bits per heavy atom. The number of rotatable bonds is 4. The van der Waals surface area contributed by atoms with E-state index in [4.69, 9.17) is 0 Å². The van der Waals surface area contributed by atoms with Crippen LogP contribution in [0.1, 0.15) is 52.4 Å². The van der Waals surface area contributed by atoms with Gasteiger partial charge in [-0.1, -0.05) is 13.8 Å². The topological polar surface area (TPSA) is 35.5 Å². The van der Waals surface area contributed by atoms with Gasteiger partial charge in [-0.15, -0.1) is 0 Å². The van der Waals surface area contributed by atoms with E-state index in [1.54, 1.807) is 0 Å². The van der Waals surface area contributed by atoms with Crippen molar-refractivity contribution in [1.82, 2.24) is 10.2 Å². The summed E-state index contributed by atoms with van der Waals surface area (Å²) in [7, 11) is 2.23. The molecule has 0 aromatic carbocycles. The third-order valence-corrected chi connectivity index (χ3v) is 5.37. The van der Waals surface area contributed by atoms with Gasteiger partial charge in [0.1, 0.15) is 0 Å². The molecule has 0 amide bonds. The first-order chi connectivity index (χ1) is 8.97. The first-order valence-corrected chi connectivity index (χ1v) is 8.07. The lowest BCUT2D eigenvalue weighted by atomic mass is 9.73. The van der Waals surface area contributed by atoms with Crippen LogP contribution in [0.15, 0.2) is 0 Å². The van der Waals surface area contributed by atoms with Crippen LogP contribution in [0.25, 0.3) is 0 Å². The molecule has 0 aromatic heterocycles. The molecule has 2 fully saturated rings. The minimum atomic E-state index is -0.0417. The van der Waals surface area contributed by atoms with Crippen LogP contribution in [0.5, 0.6) is 0 Å². The smallest absolute Gasteiger partial charge is 0.0541 e. The fourth-order valence-corrected chi connectivity index (χ4v) is 3.62. The van der Waals surface area contributed by atoms with Crippen molar-refractivity contribution in [3.8, 4) is 0 Å². The zero-order valence-electron chi connectivity index (χ0n) is 13.0. The van der Waals surface area contributed by atoms with Gasteiger partial charge in [0, 0.05) is 12.6 Å². The van der Waals surface area contributed by atoms with E-state index in [-0.39, 0.29) is 6.10 Å². The molecular weight excluding hydrogens is 236 g/mol. The molecule has 1 aliphatic carbocycles. The molecule has 0 spiro atoms. The normalized spacial score (nSPS) is 31.6. The molecule has 3 heteroatoms. The molecule has 112 valence electrons. The van der Waals surface area contributed by atoms with Gasteiger partial charge in [0.05, 0.1) is 6.10 Å². The molecule has 0 bridgehead atoms. The zero-order valence-corrected chi connectivity index (χ0v) is 13.0. The summed E-state index contributed by atoms with van der Waals surface area (Å²) in [5, 5.41) is 13.3. The van der Waals surface area contributed by atoms with Gasteiger partial charge in [-0.25, -0.2) is 0 Å². The number of aliphatic hydroxyl groups excluding tert-OH is 1. The van der Waals surface area contributed by atoms with Gasteiger partial charge in [0.25, 0.3) is 0 Å². The third-order valence-electron chi connectivity index (χ3n) is 5.37. The van der Waals surface area contributed by atoms with E-state index >= 15 is 0 Å². The Labute approximate surface area is 118 Å². The van der Waals surface area contributed by atoms with Crippen LogP contribution < -0.4 is 5.32 Å². The molecule has 0 unspecified atom stereocenters. The number of aliphatic hydroxyl groups is 1. The van der Waals surface area contributed by atoms with E-state index < -0.39 is 0 Å².